The Morgan fingerprint density at radius 3 is 1.67 bits per heavy atom. The molecule has 0 saturated heterocycles. The molecule has 0 unspecified atom stereocenters. The molecule has 5 aromatic rings. The van der Waals surface area contributed by atoms with E-state index in [2.05, 4.69) is 30.9 Å². The van der Waals surface area contributed by atoms with E-state index >= 15 is 0 Å². The number of nitrogen functional groups attached to an aromatic ring is 1. The van der Waals surface area contributed by atoms with E-state index in [1.165, 1.54) is 0 Å². The van der Waals surface area contributed by atoms with Crippen LogP contribution in [0.3, 0.4) is 0 Å². The number of anilines is 6. The molecule has 0 saturated carbocycles. The lowest BCUT2D eigenvalue weighted by Gasteiger charge is -2.12. The summed E-state index contributed by atoms with van der Waals surface area (Å²) in [6.07, 6.45) is 4.83. The number of amides is 1. The van der Waals surface area contributed by atoms with Gasteiger partial charge in [-0.15, -0.1) is 0 Å². The second-order valence-corrected chi connectivity index (χ2v) is 9.36. The highest BCUT2D eigenvalue weighted by Gasteiger charge is 2.12. The number of nitrogens with zero attached hydrogens (tertiary/aromatic N) is 3. The Hall–Kier alpha value is -6.30. The molecule has 1 amide bonds. The Morgan fingerprint density at radius 2 is 1.15 bits per heavy atom. The van der Waals surface area contributed by atoms with Crippen LogP contribution in [-0.4, -0.2) is 46.0 Å². The minimum atomic E-state index is -0.370. The quantitative estimate of drug-likeness (QED) is 0.131. The van der Waals surface area contributed by atoms with Gasteiger partial charge in [-0.2, -0.15) is 0 Å². The van der Waals surface area contributed by atoms with Crippen LogP contribution >= 0.6 is 0 Å². The van der Waals surface area contributed by atoms with Gasteiger partial charge in [0.1, 0.15) is 5.69 Å². The summed E-state index contributed by atoms with van der Waals surface area (Å²) in [7, 11) is 0. The largest absolute Gasteiger partial charge is 0.462 e. The van der Waals surface area contributed by atoms with Gasteiger partial charge in [0.05, 0.1) is 35.7 Å². The lowest BCUT2D eigenvalue weighted by molar-refractivity contribution is 0.0517. The van der Waals surface area contributed by atoms with Crippen molar-refractivity contribution in [2.45, 2.75) is 13.8 Å². The Balaban J connectivity index is 0.000000222. The van der Waals surface area contributed by atoms with Crippen LogP contribution in [0.4, 0.5) is 34.4 Å². The number of aromatic nitrogens is 3. The van der Waals surface area contributed by atoms with Gasteiger partial charge >= 0.3 is 11.9 Å². The predicted octanol–water partition coefficient (Wildman–Crippen LogP) is 6.23. The monoisotopic (exact) mass is 619 g/mol. The third kappa shape index (κ3) is 9.35. The summed E-state index contributed by atoms with van der Waals surface area (Å²) in [6, 6.07) is 25.9. The first-order chi connectivity index (χ1) is 22.4. The molecule has 234 valence electrons. The smallest absolute Gasteiger partial charge is 0.338 e. The summed E-state index contributed by atoms with van der Waals surface area (Å²) in [4.78, 5) is 48.0. The van der Waals surface area contributed by atoms with Crippen LogP contribution in [0.15, 0.2) is 110 Å². The minimum Gasteiger partial charge on any atom is -0.462 e. The number of nitrogens with one attached hydrogen (secondary N) is 3. The van der Waals surface area contributed by atoms with E-state index in [0.717, 1.165) is 11.4 Å². The number of benzene rings is 2. The average Bonchev–Trinajstić information content (AvgIpc) is 3.08. The fourth-order valence-electron chi connectivity index (χ4n) is 3.89. The number of nitrogens with two attached hydrogens (primary N) is 1. The van der Waals surface area contributed by atoms with Gasteiger partial charge in [0.25, 0.3) is 5.91 Å². The number of esters is 2. The van der Waals surface area contributed by atoms with Gasteiger partial charge in [-0.05, 0) is 98.8 Å². The van der Waals surface area contributed by atoms with E-state index in [0.29, 0.717) is 53.0 Å². The molecule has 0 spiro atoms. The third-order valence-electron chi connectivity index (χ3n) is 6.11. The number of pyridine rings is 3. The van der Waals surface area contributed by atoms with E-state index in [-0.39, 0.29) is 17.8 Å². The number of hydrogen-bond donors (Lipinski definition) is 4. The van der Waals surface area contributed by atoms with Gasteiger partial charge < -0.3 is 31.2 Å². The summed E-state index contributed by atoms with van der Waals surface area (Å²) < 4.78 is 9.88. The molecule has 0 aliphatic carbocycles. The summed E-state index contributed by atoms with van der Waals surface area (Å²) >= 11 is 0. The maximum atomic E-state index is 12.3. The van der Waals surface area contributed by atoms with Crippen molar-refractivity contribution in [3.8, 4) is 0 Å². The molecule has 5 rings (SSSR count). The van der Waals surface area contributed by atoms with E-state index in [1.807, 2.05) is 0 Å². The molecule has 0 radical (unpaired) electrons. The summed E-state index contributed by atoms with van der Waals surface area (Å²) in [5.41, 5.74) is 9.68. The number of ether oxygens (including phenoxy) is 2. The number of carbonyl (C=O) groups is 3. The Kier molecular flexibility index (Phi) is 11.7. The van der Waals surface area contributed by atoms with Crippen molar-refractivity contribution in [1.29, 1.82) is 0 Å². The molecule has 46 heavy (non-hydrogen) atoms. The molecule has 12 nitrogen and oxygen atoms in total. The fraction of sp³-hybridized carbons (Fsp3) is 0.118. The van der Waals surface area contributed by atoms with Crippen LogP contribution < -0.4 is 21.7 Å². The van der Waals surface area contributed by atoms with Crippen LogP contribution in [0.25, 0.3) is 0 Å². The molecule has 5 N–H and O–H groups in total. The molecule has 0 aliphatic heterocycles. The minimum absolute atomic E-state index is 0.311. The lowest BCUT2D eigenvalue weighted by atomic mass is 10.2. The van der Waals surface area contributed by atoms with E-state index in [1.54, 1.807) is 123 Å². The van der Waals surface area contributed by atoms with Crippen molar-refractivity contribution in [2.75, 3.05) is 34.9 Å². The van der Waals surface area contributed by atoms with Gasteiger partial charge in [-0.1, -0.05) is 6.07 Å². The zero-order chi connectivity index (χ0) is 32.7. The first-order valence-corrected chi connectivity index (χ1v) is 14.3. The zero-order valence-corrected chi connectivity index (χ0v) is 25.3. The summed E-state index contributed by atoms with van der Waals surface area (Å²) in [6.45, 7) is 4.22. The standard InChI is InChI=1S/C20H18N4O3.C14H15N3O2/c1-2-27-20(26)14-8-10-15(11-9-14)23-18-16(7-5-13-22-18)24-19(25)17-6-3-4-12-21-17;1-2-19-14(18)10-5-7-11(8-6-10)17-13-12(15)4-3-9-16-13/h3-13H,2H2,1H3,(H,22,23)(H,24,25);3-9H,2,15H2,1H3,(H,16,17). The molecule has 0 bridgehead atoms. The highest BCUT2D eigenvalue weighted by atomic mass is 16.5. The molecular weight excluding hydrogens is 586 g/mol. The van der Waals surface area contributed by atoms with Crippen molar-refractivity contribution >= 4 is 52.2 Å². The normalized spacial score (nSPS) is 10.0. The maximum absolute atomic E-state index is 12.3. The Labute approximate surface area is 266 Å². The maximum Gasteiger partial charge on any atom is 0.338 e. The van der Waals surface area contributed by atoms with E-state index < -0.39 is 0 Å². The molecular formula is C34H33N7O5. The van der Waals surface area contributed by atoms with Crippen LogP contribution in [0.1, 0.15) is 45.1 Å². The molecule has 2 aromatic carbocycles. The first-order valence-electron chi connectivity index (χ1n) is 14.3. The highest BCUT2D eigenvalue weighted by molar-refractivity contribution is 6.04. The Morgan fingerprint density at radius 1 is 0.630 bits per heavy atom. The van der Waals surface area contributed by atoms with Gasteiger partial charge in [-0.25, -0.2) is 19.6 Å². The molecule has 12 heteroatoms. The van der Waals surface area contributed by atoms with Crippen LogP contribution in [0, 0.1) is 0 Å². The van der Waals surface area contributed by atoms with Crippen LogP contribution in [-0.2, 0) is 9.47 Å². The molecule has 3 heterocycles. The second kappa shape index (κ2) is 16.5. The fourth-order valence-corrected chi connectivity index (χ4v) is 3.89. The zero-order valence-electron chi connectivity index (χ0n) is 25.3. The van der Waals surface area contributed by atoms with Crippen LogP contribution in [0.2, 0.25) is 0 Å². The van der Waals surface area contributed by atoms with Crippen molar-refractivity contribution in [2.24, 2.45) is 0 Å². The third-order valence-corrected chi connectivity index (χ3v) is 6.11. The number of rotatable bonds is 10. The second-order valence-electron chi connectivity index (χ2n) is 9.36. The SMILES string of the molecule is CCOC(=O)c1ccc(Nc2ncccc2N)cc1.CCOC(=O)c1ccc(Nc2ncccc2NC(=O)c2ccccn2)cc1. The Bertz CT molecular complexity index is 1750. The summed E-state index contributed by atoms with van der Waals surface area (Å²) in [5, 5.41) is 9.00. The molecule has 0 atom stereocenters. The molecule has 0 aliphatic rings. The van der Waals surface area contributed by atoms with E-state index in [9.17, 15) is 14.4 Å². The first kappa shape index (κ1) is 32.6. The van der Waals surface area contributed by atoms with Gasteiger partial charge in [0.2, 0.25) is 0 Å². The number of carbonyl (C=O) groups excluding carboxylic acids is 3. The topological polar surface area (TPSA) is 170 Å². The van der Waals surface area contributed by atoms with Gasteiger partial charge in [0, 0.05) is 30.0 Å². The van der Waals surface area contributed by atoms with Crippen molar-refractivity contribution in [3.63, 3.8) is 0 Å². The van der Waals surface area contributed by atoms with Crippen molar-refractivity contribution < 1.29 is 23.9 Å². The molecule has 0 fully saturated rings. The van der Waals surface area contributed by atoms with Crippen molar-refractivity contribution in [1.82, 2.24) is 15.0 Å². The summed E-state index contributed by atoms with van der Waals surface area (Å²) in [5.74, 6) is 0.0398. The number of hydrogen-bond acceptors (Lipinski definition) is 11. The predicted molar refractivity (Wildman–Crippen MR) is 176 cm³/mol. The highest BCUT2D eigenvalue weighted by Crippen LogP contribution is 2.24. The van der Waals surface area contributed by atoms with Crippen LogP contribution in [0.5, 0.6) is 0 Å². The van der Waals surface area contributed by atoms with E-state index in [4.69, 9.17) is 15.2 Å². The van der Waals surface area contributed by atoms with Gasteiger partial charge in [0.15, 0.2) is 11.6 Å². The van der Waals surface area contributed by atoms with Gasteiger partial charge in [-0.3, -0.25) is 9.78 Å². The average molecular weight is 620 g/mol. The van der Waals surface area contributed by atoms with Crippen molar-refractivity contribution in [3.05, 3.63) is 126 Å². The molecule has 3 aromatic heterocycles. The lowest BCUT2D eigenvalue weighted by Crippen LogP contribution is -2.14.